The monoisotopic (exact) mass is 512 g/mol. The molecule has 0 spiro atoms. The molecule has 0 radical (unpaired) electrons. The van der Waals surface area contributed by atoms with Crippen LogP contribution in [0.1, 0.15) is 36.2 Å². The normalized spacial score (nSPS) is 13.5. The molecule has 2 heterocycles. The predicted molar refractivity (Wildman–Crippen MR) is 147 cm³/mol. The maximum absolute atomic E-state index is 12.6. The molecule has 0 unspecified atom stereocenters. The Bertz CT molecular complexity index is 1360. The number of rotatable bonds is 8. The molecule has 8 heteroatoms. The second kappa shape index (κ2) is 12.2. The van der Waals surface area contributed by atoms with Crippen LogP contribution in [0, 0.1) is 25.2 Å². The fourth-order valence-electron chi connectivity index (χ4n) is 4.67. The second-order valence-corrected chi connectivity index (χ2v) is 9.25. The molecular weight excluding hydrogens is 480 g/mol. The lowest BCUT2D eigenvalue weighted by Crippen LogP contribution is -2.29. The van der Waals surface area contributed by atoms with Gasteiger partial charge in [0.05, 0.1) is 7.11 Å². The van der Waals surface area contributed by atoms with E-state index in [1.165, 1.54) is 25.3 Å². The average molecular weight is 513 g/mol. The molecule has 1 aliphatic rings. The summed E-state index contributed by atoms with van der Waals surface area (Å²) in [5.41, 5.74) is 5.01. The summed E-state index contributed by atoms with van der Waals surface area (Å²) in [6.45, 7) is 5.45. The number of nitrogens with one attached hydrogen (secondary N) is 1. The Kier molecular flexibility index (Phi) is 8.49. The third-order valence-electron chi connectivity index (χ3n) is 6.65. The number of ether oxygens (including phenoxy) is 2. The number of nitrogens with zero attached hydrogens (tertiary/aromatic N) is 3. The van der Waals surface area contributed by atoms with Gasteiger partial charge >= 0.3 is 5.97 Å². The smallest absolute Gasteiger partial charge is 0.349 e. The highest BCUT2D eigenvalue weighted by Crippen LogP contribution is 2.25. The van der Waals surface area contributed by atoms with Gasteiger partial charge in [-0.1, -0.05) is 0 Å². The van der Waals surface area contributed by atoms with Crippen molar-refractivity contribution in [1.82, 2.24) is 4.57 Å². The van der Waals surface area contributed by atoms with E-state index in [1.807, 2.05) is 79.1 Å². The van der Waals surface area contributed by atoms with Crippen LogP contribution in [0.15, 0.2) is 60.2 Å². The summed E-state index contributed by atoms with van der Waals surface area (Å²) >= 11 is 0. The van der Waals surface area contributed by atoms with Gasteiger partial charge in [-0.3, -0.25) is 4.79 Å². The van der Waals surface area contributed by atoms with Crippen molar-refractivity contribution in [2.75, 3.05) is 37.0 Å². The molecule has 1 fully saturated rings. The molecule has 0 atom stereocenters. The fourth-order valence-corrected chi connectivity index (χ4v) is 4.67. The van der Waals surface area contributed by atoms with E-state index in [0.29, 0.717) is 11.3 Å². The Morgan fingerprint density at radius 2 is 1.66 bits per heavy atom. The van der Waals surface area contributed by atoms with Crippen LogP contribution < -0.4 is 15.0 Å². The molecule has 38 heavy (non-hydrogen) atoms. The van der Waals surface area contributed by atoms with Gasteiger partial charge < -0.3 is 24.3 Å². The Labute approximate surface area is 223 Å². The number of hydrogen-bond donors (Lipinski definition) is 1. The van der Waals surface area contributed by atoms with Crippen LogP contribution >= 0.6 is 0 Å². The first-order valence-electron chi connectivity index (χ1n) is 12.7. The number of hydrogen-bond acceptors (Lipinski definition) is 6. The first kappa shape index (κ1) is 26.6. The van der Waals surface area contributed by atoms with Gasteiger partial charge in [-0.2, -0.15) is 5.26 Å². The van der Waals surface area contributed by atoms with E-state index in [0.717, 1.165) is 41.6 Å². The van der Waals surface area contributed by atoms with Crippen molar-refractivity contribution in [3.8, 4) is 17.5 Å². The molecular formula is C30H32N4O4. The molecule has 2 aromatic carbocycles. The molecule has 1 saturated heterocycles. The van der Waals surface area contributed by atoms with E-state index in [-0.39, 0.29) is 5.57 Å². The zero-order valence-corrected chi connectivity index (χ0v) is 22.0. The van der Waals surface area contributed by atoms with E-state index in [4.69, 9.17) is 9.47 Å². The summed E-state index contributed by atoms with van der Waals surface area (Å²) in [4.78, 5) is 27.3. The number of piperidine rings is 1. The first-order valence-corrected chi connectivity index (χ1v) is 12.7. The van der Waals surface area contributed by atoms with Gasteiger partial charge in [-0.05, 0) is 99.3 Å². The van der Waals surface area contributed by atoms with Gasteiger partial charge in [0.2, 0.25) is 0 Å². The van der Waals surface area contributed by atoms with Crippen molar-refractivity contribution >= 4 is 29.3 Å². The van der Waals surface area contributed by atoms with Crippen LogP contribution in [0.4, 0.5) is 11.4 Å². The number of methoxy groups -OCH3 is 1. The summed E-state index contributed by atoms with van der Waals surface area (Å²) in [7, 11) is 1.61. The van der Waals surface area contributed by atoms with Gasteiger partial charge in [0, 0.05) is 41.5 Å². The van der Waals surface area contributed by atoms with Gasteiger partial charge in [-0.15, -0.1) is 0 Å². The van der Waals surface area contributed by atoms with Gasteiger partial charge in [-0.25, -0.2) is 4.79 Å². The number of benzene rings is 2. The highest BCUT2D eigenvalue weighted by atomic mass is 16.5. The maximum Gasteiger partial charge on any atom is 0.349 e. The summed E-state index contributed by atoms with van der Waals surface area (Å²) in [5, 5.41) is 12.3. The molecule has 1 N–H and O–H groups in total. The summed E-state index contributed by atoms with van der Waals surface area (Å²) in [5.74, 6) is -0.569. The standard InChI is InChI=1S/C30H32N4O4/c1-21-17-23(22(2)34(21)27-11-13-28(37-3)14-12-27)18-24(19-31)30(36)38-20-29(35)32-25-7-9-26(10-8-25)33-15-5-4-6-16-33/h7-14,17-18H,4-6,15-16,20H2,1-3H3,(H,32,35)/b24-18+. The van der Waals surface area contributed by atoms with Crippen LogP contribution in [-0.2, 0) is 14.3 Å². The third-order valence-corrected chi connectivity index (χ3v) is 6.65. The van der Waals surface area contributed by atoms with Crippen molar-refractivity contribution in [3.63, 3.8) is 0 Å². The minimum Gasteiger partial charge on any atom is -0.497 e. The van der Waals surface area contributed by atoms with Crippen LogP contribution in [0.25, 0.3) is 11.8 Å². The molecule has 1 amide bonds. The predicted octanol–water partition coefficient (Wildman–Crippen LogP) is 5.18. The highest BCUT2D eigenvalue weighted by molar-refractivity contribution is 6.00. The fraction of sp³-hybridized carbons (Fsp3) is 0.300. The molecule has 4 rings (SSSR count). The maximum atomic E-state index is 12.6. The minimum atomic E-state index is -0.850. The molecule has 0 aliphatic carbocycles. The van der Waals surface area contributed by atoms with E-state index < -0.39 is 18.5 Å². The van der Waals surface area contributed by atoms with Crippen LogP contribution in [0.5, 0.6) is 5.75 Å². The lowest BCUT2D eigenvalue weighted by molar-refractivity contribution is -0.142. The number of anilines is 2. The number of amides is 1. The quantitative estimate of drug-likeness (QED) is 0.254. The van der Waals surface area contributed by atoms with Gasteiger partial charge in [0.1, 0.15) is 17.4 Å². The van der Waals surface area contributed by atoms with E-state index in [1.54, 1.807) is 7.11 Å². The number of aryl methyl sites for hydroxylation is 1. The second-order valence-electron chi connectivity index (χ2n) is 9.25. The molecule has 0 saturated carbocycles. The van der Waals surface area contributed by atoms with Crippen molar-refractivity contribution in [3.05, 3.63) is 77.1 Å². The molecule has 0 bridgehead atoms. The van der Waals surface area contributed by atoms with Crippen molar-refractivity contribution in [1.29, 1.82) is 5.26 Å². The SMILES string of the molecule is COc1ccc(-n2c(C)cc(/C=C(\C#N)C(=O)OCC(=O)Nc3ccc(N4CCCCC4)cc3)c2C)cc1. The van der Waals surface area contributed by atoms with Crippen LogP contribution in [0.3, 0.4) is 0 Å². The summed E-state index contributed by atoms with van der Waals surface area (Å²) in [6.07, 6.45) is 5.14. The Balaban J connectivity index is 1.37. The third kappa shape index (κ3) is 6.24. The Hall–Kier alpha value is -4.51. The number of carbonyl (C=O) groups is 2. The lowest BCUT2D eigenvalue weighted by Gasteiger charge is -2.28. The molecule has 1 aliphatic heterocycles. The largest absolute Gasteiger partial charge is 0.497 e. The van der Waals surface area contributed by atoms with E-state index in [2.05, 4.69) is 10.2 Å². The van der Waals surface area contributed by atoms with E-state index >= 15 is 0 Å². The molecule has 8 nitrogen and oxygen atoms in total. The topological polar surface area (TPSA) is 96.6 Å². The van der Waals surface area contributed by atoms with Crippen molar-refractivity contribution in [2.45, 2.75) is 33.1 Å². The molecule has 3 aromatic rings. The van der Waals surface area contributed by atoms with Crippen LogP contribution in [0.2, 0.25) is 0 Å². The lowest BCUT2D eigenvalue weighted by atomic mass is 10.1. The zero-order valence-electron chi connectivity index (χ0n) is 22.0. The zero-order chi connectivity index (χ0) is 27.1. The van der Waals surface area contributed by atoms with E-state index in [9.17, 15) is 14.9 Å². The van der Waals surface area contributed by atoms with Crippen molar-refractivity contribution < 1.29 is 19.1 Å². The van der Waals surface area contributed by atoms with Gasteiger partial charge in [0.15, 0.2) is 6.61 Å². The number of aromatic nitrogens is 1. The van der Waals surface area contributed by atoms with Crippen molar-refractivity contribution in [2.24, 2.45) is 0 Å². The average Bonchev–Trinajstić information content (AvgIpc) is 3.23. The Morgan fingerprint density at radius 1 is 1.00 bits per heavy atom. The molecule has 196 valence electrons. The summed E-state index contributed by atoms with van der Waals surface area (Å²) < 4.78 is 12.4. The number of esters is 1. The highest BCUT2D eigenvalue weighted by Gasteiger charge is 2.17. The number of nitriles is 1. The van der Waals surface area contributed by atoms with Gasteiger partial charge in [0.25, 0.3) is 5.91 Å². The summed E-state index contributed by atoms with van der Waals surface area (Å²) in [6, 6.07) is 19.0. The first-order chi connectivity index (χ1) is 18.4. The number of carbonyl (C=O) groups excluding carboxylic acids is 2. The minimum absolute atomic E-state index is 0.182. The Morgan fingerprint density at radius 3 is 2.29 bits per heavy atom. The van der Waals surface area contributed by atoms with Crippen LogP contribution in [-0.4, -0.2) is 43.2 Å². The molecule has 1 aromatic heterocycles.